The number of rotatable bonds is 6. The highest BCUT2D eigenvalue weighted by atomic mass is 35.5. The molecule has 1 atom stereocenters. The molecule has 12 heteroatoms. The lowest BCUT2D eigenvalue weighted by atomic mass is 10.2. The number of nitrogens with one attached hydrogen (secondary N) is 2. The Kier molecular flexibility index (Phi) is 6.22. The maximum Gasteiger partial charge on any atom is 0.293 e. The Morgan fingerprint density at radius 1 is 1.48 bits per heavy atom. The van der Waals surface area contributed by atoms with Crippen molar-refractivity contribution in [1.29, 1.82) is 0 Å². The van der Waals surface area contributed by atoms with Crippen LogP contribution in [0.2, 0.25) is 8.80 Å². The van der Waals surface area contributed by atoms with Gasteiger partial charge in [-0.15, -0.1) is 0 Å². The monoisotopic (exact) mass is 408 g/mol. The Balaban J connectivity index is 1.90. The van der Waals surface area contributed by atoms with Crippen molar-refractivity contribution in [2.24, 2.45) is 0 Å². The SMILES string of the molecule is Cc1o[nH]c(=O)c1C(=O)NCC(O)CN(C)C(=O)c1nc(Cl)sc1Cl. The molecule has 2 rings (SSSR count). The van der Waals surface area contributed by atoms with Crippen LogP contribution >= 0.6 is 34.5 Å². The molecule has 0 spiro atoms. The number of halogens is 2. The highest BCUT2D eigenvalue weighted by Gasteiger charge is 2.23. The number of carbonyl (C=O) groups is 2. The molecule has 0 saturated heterocycles. The molecule has 25 heavy (non-hydrogen) atoms. The van der Waals surface area contributed by atoms with Gasteiger partial charge in [0.25, 0.3) is 17.4 Å². The predicted molar refractivity (Wildman–Crippen MR) is 91.5 cm³/mol. The molecule has 136 valence electrons. The second-order valence-electron chi connectivity index (χ2n) is 5.10. The van der Waals surface area contributed by atoms with Gasteiger partial charge in [0, 0.05) is 20.1 Å². The van der Waals surface area contributed by atoms with E-state index < -0.39 is 23.5 Å². The summed E-state index contributed by atoms with van der Waals surface area (Å²) in [6.07, 6.45) is -1.07. The van der Waals surface area contributed by atoms with Crippen LogP contribution in [0.1, 0.15) is 26.6 Å². The third kappa shape index (κ3) is 4.60. The molecule has 0 aliphatic carbocycles. The van der Waals surface area contributed by atoms with Gasteiger partial charge in [0.15, 0.2) is 10.2 Å². The summed E-state index contributed by atoms with van der Waals surface area (Å²) in [4.78, 5) is 40.6. The van der Waals surface area contributed by atoms with E-state index in [1.807, 2.05) is 5.16 Å². The zero-order chi connectivity index (χ0) is 18.7. The third-order valence-corrected chi connectivity index (χ3v) is 4.55. The molecular formula is C13H14Cl2N4O5S. The first kappa shape index (κ1) is 19.4. The number of thiazole rings is 1. The second kappa shape index (κ2) is 8.00. The maximum atomic E-state index is 12.2. The summed E-state index contributed by atoms with van der Waals surface area (Å²) < 4.78 is 5.03. The number of hydrogen-bond acceptors (Lipinski definition) is 7. The molecule has 2 aromatic heterocycles. The van der Waals surface area contributed by atoms with Crippen LogP contribution in [-0.4, -0.2) is 58.2 Å². The zero-order valence-electron chi connectivity index (χ0n) is 13.1. The Morgan fingerprint density at radius 2 is 2.16 bits per heavy atom. The summed E-state index contributed by atoms with van der Waals surface area (Å²) in [6.45, 7) is 1.19. The van der Waals surface area contributed by atoms with E-state index in [0.29, 0.717) is 0 Å². The number of amides is 2. The minimum absolute atomic E-state index is 0.00374. The van der Waals surface area contributed by atoms with E-state index >= 15 is 0 Å². The molecule has 1 unspecified atom stereocenters. The van der Waals surface area contributed by atoms with Gasteiger partial charge in [0.2, 0.25) is 0 Å². The molecule has 0 saturated carbocycles. The smallest absolute Gasteiger partial charge is 0.293 e. The summed E-state index contributed by atoms with van der Waals surface area (Å²) in [5, 5.41) is 14.4. The largest absolute Gasteiger partial charge is 0.389 e. The maximum absolute atomic E-state index is 12.2. The molecule has 0 fully saturated rings. The number of carbonyl (C=O) groups excluding carboxylic acids is 2. The number of aliphatic hydroxyl groups is 1. The van der Waals surface area contributed by atoms with Crippen molar-refractivity contribution in [3.63, 3.8) is 0 Å². The van der Waals surface area contributed by atoms with Crippen molar-refractivity contribution in [3.8, 4) is 0 Å². The molecule has 2 amide bonds. The van der Waals surface area contributed by atoms with E-state index in [1.165, 1.54) is 18.9 Å². The van der Waals surface area contributed by atoms with Crippen LogP contribution in [0.4, 0.5) is 0 Å². The van der Waals surface area contributed by atoms with E-state index in [-0.39, 0.29) is 38.9 Å². The minimum atomic E-state index is -1.07. The third-order valence-electron chi connectivity index (χ3n) is 3.19. The minimum Gasteiger partial charge on any atom is -0.389 e. The van der Waals surface area contributed by atoms with Crippen molar-refractivity contribution in [2.75, 3.05) is 20.1 Å². The summed E-state index contributed by atoms with van der Waals surface area (Å²) in [7, 11) is 1.45. The number of nitrogens with zero attached hydrogens (tertiary/aromatic N) is 2. The summed E-state index contributed by atoms with van der Waals surface area (Å²) >= 11 is 12.5. The first-order valence-corrected chi connectivity index (χ1v) is 8.49. The van der Waals surface area contributed by atoms with E-state index in [0.717, 1.165) is 11.3 Å². The number of aliphatic hydroxyl groups excluding tert-OH is 1. The van der Waals surface area contributed by atoms with Gasteiger partial charge in [0.1, 0.15) is 15.7 Å². The summed E-state index contributed by atoms with van der Waals surface area (Å²) in [5.74, 6) is -1.06. The number of H-pyrrole nitrogens is 1. The highest BCUT2D eigenvalue weighted by molar-refractivity contribution is 7.19. The average Bonchev–Trinajstić information content (AvgIpc) is 3.05. The molecule has 2 aromatic rings. The fourth-order valence-corrected chi connectivity index (χ4v) is 3.29. The fraction of sp³-hybridized carbons (Fsp3) is 0.385. The molecule has 0 radical (unpaired) electrons. The molecule has 0 aromatic carbocycles. The Labute approximate surface area is 155 Å². The van der Waals surface area contributed by atoms with E-state index in [2.05, 4.69) is 10.3 Å². The van der Waals surface area contributed by atoms with Gasteiger partial charge in [-0.3, -0.25) is 14.4 Å². The number of likely N-dealkylation sites (N-methyl/N-ethyl adjacent to an activating group) is 1. The summed E-state index contributed by atoms with van der Waals surface area (Å²) in [6, 6.07) is 0. The molecule has 0 aliphatic rings. The first-order chi connectivity index (χ1) is 11.7. The van der Waals surface area contributed by atoms with Crippen molar-refractivity contribution in [3.05, 3.63) is 36.2 Å². The van der Waals surface area contributed by atoms with Crippen LogP contribution in [0.15, 0.2) is 9.32 Å². The Morgan fingerprint density at radius 3 is 2.68 bits per heavy atom. The molecule has 0 bridgehead atoms. The van der Waals surface area contributed by atoms with Gasteiger partial charge in [-0.25, -0.2) is 4.98 Å². The highest BCUT2D eigenvalue weighted by Crippen LogP contribution is 2.28. The van der Waals surface area contributed by atoms with E-state index in [4.69, 9.17) is 27.7 Å². The number of hydrogen-bond donors (Lipinski definition) is 3. The number of aromatic nitrogens is 2. The quantitative estimate of drug-likeness (QED) is 0.651. The topological polar surface area (TPSA) is 129 Å². The van der Waals surface area contributed by atoms with Gasteiger partial charge >= 0.3 is 0 Å². The number of aryl methyl sites for hydroxylation is 1. The van der Waals surface area contributed by atoms with Crippen LogP contribution in [0.5, 0.6) is 0 Å². The summed E-state index contributed by atoms with van der Waals surface area (Å²) in [5.41, 5.74) is -0.830. The van der Waals surface area contributed by atoms with Crippen molar-refractivity contribution in [1.82, 2.24) is 20.4 Å². The van der Waals surface area contributed by atoms with Gasteiger partial charge in [-0.1, -0.05) is 34.5 Å². The Bertz CT molecular complexity index is 846. The predicted octanol–water partition coefficient (Wildman–Crippen LogP) is 0.903. The van der Waals surface area contributed by atoms with Crippen LogP contribution < -0.4 is 10.9 Å². The van der Waals surface area contributed by atoms with Crippen LogP contribution in [0.25, 0.3) is 0 Å². The molecule has 0 aliphatic heterocycles. The van der Waals surface area contributed by atoms with Gasteiger partial charge in [0.05, 0.1) is 6.10 Å². The Hall–Kier alpha value is -1.88. The van der Waals surface area contributed by atoms with Crippen molar-refractivity contribution in [2.45, 2.75) is 13.0 Å². The second-order valence-corrected chi connectivity index (χ2v) is 7.29. The lowest BCUT2D eigenvalue weighted by Gasteiger charge is -2.20. The van der Waals surface area contributed by atoms with E-state index in [9.17, 15) is 19.5 Å². The molecule has 9 nitrogen and oxygen atoms in total. The zero-order valence-corrected chi connectivity index (χ0v) is 15.5. The standard InChI is InChI=1S/C13H14Cl2N4O5S/c1-5-7(11(22)18-24-5)10(21)16-3-6(20)4-19(2)12(23)8-9(14)25-13(15)17-8/h6,20H,3-4H2,1-2H3,(H,16,21)(H,18,22). The van der Waals surface area contributed by atoms with Crippen LogP contribution in [0, 0.1) is 6.92 Å². The normalized spacial score (nSPS) is 12.0. The lowest BCUT2D eigenvalue weighted by molar-refractivity contribution is 0.0668. The molecule has 3 N–H and O–H groups in total. The van der Waals surface area contributed by atoms with E-state index in [1.54, 1.807) is 0 Å². The van der Waals surface area contributed by atoms with Crippen LogP contribution in [-0.2, 0) is 0 Å². The van der Waals surface area contributed by atoms with Crippen molar-refractivity contribution < 1.29 is 19.2 Å². The molecule has 2 heterocycles. The van der Waals surface area contributed by atoms with Gasteiger partial charge in [-0.05, 0) is 6.92 Å². The molecular weight excluding hydrogens is 395 g/mol. The van der Waals surface area contributed by atoms with Crippen LogP contribution in [0.3, 0.4) is 0 Å². The lowest BCUT2D eigenvalue weighted by Crippen LogP contribution is -2.41. The average molecular weight is 409 g/mol. The van der Waals surface area contributed by atoms with Crippen molar-refractivity contribution >= 4 is 46.4 Å². The first-order valence-electron chi connectivity index (χ1n) is 6.92. The van der Waals surface area contributed by atoms with Gasteiger partial charge < -0.3 is 19.8 Å². The fourth-order valence-electron chi connectivity index (χ4n) is 2.00. The number of aromatic amines is 1. The van der Waals surface area contributed by atoms with Gasteiger partial charge in [-0.2, -0.15) is 5.16 Å².